The summed E-state index contributed by atoms with van der Waals surface area (Å²) in [7, 11) is -3.66. The molecule has 1 aliphatic heterocycles. The SMILES string of the molecule is C=C1C=CN(S(=O)(=O)c2ccccc2)C1=N. The van der Waals surface area contributed by atoms with Crippen molar-refractivity contribution in [2.45, 2.75) is 4.90 Å². The predicted octanol–water partition coefficient (Wildman–Crippen LogP) is 1.74. The lowest BCUT2D eigenvalue weighted by molar-refractivity contribution is 0.564. The average molecular weight is 234 g/mol. The monoisotopic (exact) mass is 234 g/mol. The molecule has 4 nitrogen and oxygen atoms in total. The summed E-state index contributed by atoms with van der Waals surface area (Å²) in [5, 5.41) is 7.60. The van der Waals surface area contributed by atoms with Crippen LogP contribution in [0.3, 0.4) is 0 Å². The van der Waals surface area contributed by atoms with Crippen molar-refractivity contribution in [2.75, 3.05) is 0 Å². The Hall–Kier alpha value is -1.88. The third kappa shape index (κ3) is 1.55. The summed E-state index contributed by atoms with van der Waals surface area (Å²) in [6.07, 6.45) is 2.84. The number of hydrogen-bond acceptors (Lipinski definition) is 3. The molecule has 0 saturated carbocycles. The molecule has 0 fully saturated rings. The molecule has 0 amide bonds. The van der Waals surface area contributed by atoms with Crippen LogP contribution in [0.4, 0.5) is 0 Å². The molecule has 82 valence electrons. The van der Waals surface area contributed by atoms with Crippen LogP contribution in [0.1, 0.15) is 0 Å². The summed E-state index contributed by atoms with van der Waals surface area (Å²) in [5.74, 6) is -0.108. The standard InChI is InChI=1S/C11H10N2O2S/c1-9-7-8-13(11(9)12)16(14,15)10-5-3-2-4-6-10/h2-8,12H,1H2. The Bertz CT molecular complexity index is 573. The summed E-state index contributed by atoms with van der Waals surface area (Å²) < 4.78 is 25.1. The van der Waals surface area contributed by atoms with Crippen molar-refractivity contribution in [3.8, 4) is 0 Å². The number of sulfonamides is 1. The minimum atomic E-state index is -3.66. The van der Waals surface area contributed by atoms with E-state index in [9.17, 15) is 8.42 Å². The zero-order chi connectivity index (χ0) is 11.8. The molecule has 0 spiro atoms. The molecule has 5 heteroatoms. The fraction of sp³-hybridized carbons (Fsp3) is 0. The molecule has 1 N–H and O–H groups in total. The molecule has 0 bridgehead atoms. The second-order valence-electron chi connectivity index (χ2n) is 3.30. The van der Waals surface area contributed by atoms with Crippen molar-refractivity contribution in [3.05, 3.63) is 54.8 Å². The van der Waals surface area contributed by atoms with E-state index < -0.39 is 10.0 Å². The highest BCUT2D eigenvalue weighted by atomic mass is 32.2. The molecule has 0 atom stereocenters. The van der Waals surface area contributed by atoms with Gasteiger partial charge in [-0.05, 0) is 18.2 Å². The Labute approximate surface area is 94.1 Å². The van der Waals surface area contributed by atoms with Gasteiger partial charge >= 0.3 is 0 Å². The van der Waals surface area contributed by atoms with E-state index in [0.717, 1.165) is 4.31 Å². The maximum Gasteiger partial charge on any atom is 0.269 e. The van der Waals surface area contributed by atoms with Gasteiger partial charge in [-0.25, -0.2) is 12.7 Å². The highest BCUT2D eigenvalue weighted by Gasteiger charge is 2.28. The van der Waals surface area contributed by atoms with Gasteiger partial charge < -0.3 is 0 Å². The normalized spacial score (nSPS) is 15.9. The summed E-state index contributed by atoms with van der Waals surface area (Å²) in [6, 6.07) is 8.02. The van der Waals surface area contributed by atoms with Crippen molar-refractivity contribution >= 4 is 15.9 Å². The molecule has 16 heavy (non-hydrogen) atoms. The molecule has 0 saturated heterocycles. The van der Waals surface area contributed by atoms with Gasteiger partial charge in [-0.3, -0.25) is 5.41 Å². The van der Waals surface area contributed by atoms with Gasteiger partial charge in [-0.2, -0.15) is 0 Å². The number of benzene rings is 1. The van der Waals surface area contributed by atoms with Crippen molar-refractivity contribution in [1.29, 1.82) is 5.41 Å². The van der Waals surface area contributed by atoms with Crippen molar-refractivity contribution in [1.82, 2.24) is 4.31 Å². The number of nitrogens with one attached hydrogen (secondary N) is 1. The van der Waals surface area contributed by atoms with Gasteiger partial charge in [0.15, 0.2) is 0 Å². The first kappa shape index (κ1) is 10.6. The fourth-order valence-electron chi connectivity index (χ4n) is 1.36. The van der Waals surface area contributed by atoms with Gasteiger partial charge in [0.25, 0.3) is 10.0 Å². The topological polar surface area (TPSA) is 61.2 Å². The van der Waals surface area contributed by atoms with Crippen LogP contribution in [0.5, 0.6) is 0 Å². The lowest BCUT2D eigenvalue weighted by Gasteiger charge is -2.16. The van der Waals surface area contributed by atoms with Crippen LogP contribution < -0.4 is 0 Å². The van der Waals surface area contributed by atoms with E-state index in [4.69, 9.17) is 5.41 Å². The van der Waals surface area contributed by atoms with E-state index in [1.54, 1.807) is 18.2 Å². The predicted molar refractivity (Wildman–Crippen MR) is 61.5 cm³/mol. The van der Waals surface area contributed by atoms with Crippen LogP contribution in [0.15, 0.2) is 59.7 Å². The van der Waals surface area contributed by atoms with E-state index in [1.165, 1.54) is 24.4 Å². The first-order valence-electron chi connectivity index (χ1n) is 4.59. The third-order valence-electron chi connectivity index (χ3n) is 2.24. The first-order chi connectivity index (χ1) is 7.53. The van der Waals surface area contributed by atoms with Gasteiger partial charge in [0.05, 0.1) is 4.90 Å². The van der Waals surface area contributed by atoms with Crippen LogP contribution in [-0.4, -0.2) is 18.6 Å². The minimum absolute atomic E-state index is 0.108. The van der Waals surface area contributed by atoms with E-state index >= 15 is 0 Å². The number of hydrogen-bond donors (Lipinski definition) is 1. The lowest BCUT2D eigenvalue weighted by Crippen LogP contribution is -2.28. The van der Waals surface area contributed by atoms with E-state index in [0.29, 0.717) is 5.57 Å². The number of nitrogens with zero attached hydrogens (tertiary/aromatic N) is 1. The summed E-state index contributed by atoms with van der Waals surface area (Å²) >= 11 is 0. The second-order valence-corrected chi connectivity index (χ2v) is 5.12. The van der Waals surface area contributed by atoms with Gasteiger partial charge in [0.1, 0.15) is 5.84 Å². The maximum absolute atomic E-state index is 12.1. The molecule has 1 aromatic carbocycles. The lowest BCUT2D eigenvalue weighted by atomic mass is 10.3. The molecular formula is C11H10N2O2S. The molecular weight excluding hydrogens is 224 g/mol. The van der Waals surface area contributed by atoms with E-state index in [-0.39, 0.29) is 10.7 Å². The van der Waals surface area contributed by atoms with Gasteiger partial charge in [-0.15, -0.1) is 0 Å². The van der Waals surface area contributed by atoms with Gasteiger partial charge in [0, 0.05) is 11.8 Å². The highest BCUT2D eigenvalue weighted by Crippen LogP contribution is 2.22. The highest BCUT2D eigenvalue weighted by molar-refractivity contribution is 7.89. The van der Waals surface area contributed by atoms with Crippen LogP contribution in [0.25, 0.3) is 0 Å². The van der Waals surface area contributed by atoms with Gasteiger partial charge in [-0.1, -0.05) is 24.8 Å². The largest absolute Gasteiger partial charge is 0.283 e. The zero-order valence-corrected chi connectivity index (χ0v) is 9.24. The molecule has 1 aromatic rings. The Balaban J connectivity index is 2.46. The first-order valence-corrected chi connectivity index (χ1v) is 6.03. The summed E-state index contributed by atoms with van der Waals surface area (Å²) in [4.78, 5) is 0.166. The Morgan fingerprint density at radius 2 is 1.81 bits per heavy atom. The zero-order valence-electron chi connectivity index (χ0n) is 8.42. The third-order valence-corrected chi connectivity index (χ3v) is 3.93. The Morgan fingerprint density at radius 1 is 1.19 bits per heavy atom. The van der Waals surface area contributed by atoms with E-state index in [2.05, 4.69) is 6.58 Å². The van der Waals surface area contributed by atoms with Crippen LogP contribution in [0.2, 0.25) is 0 Å². The van der Waals surface area contributed by atoms with Crippen LogP contribution in [-0.2, 0) is 10.0 Å². The quantitative estimate of drug-likeness (QED) is 0.847. The molecule has 0 aliphatic carbocycles. The fourth-order valence-corrected chi connectivity index (χ4v) is 2.67. The molecule has 0 radical (unpaired) electrons. The van der Waals surface area contributed by atoms with Crippen molar-refractivity contribution < 1.29 is 8.42 Å². The molecule has 2 rings (SSSR count). The van der Waals surface area contributed by atoms with Crippen molar-refractivity contribution in [3.63, 3.8) is 0 Å². The minimum Gasteiger partial charge on any atom is -0.283 e. The Morgan fingerprint density at radius 3 is 2.31 bits per heavy atom. The van der Waals surface area contributed by atoms with E-state index in [1.807, 2.05) is 0 Å². The summed E-state index contributed by atoms with van der Waals surface area (Å²) in [5.41, 5.74) is 0.388. The Kier molecular flexibility index (Phi) is 2.40. The number of amidine groups is 1. The molecule has 0 unspecified atom stereocenters. The smallest absolute Gasteiger partial charge is 0.269 e. The maximum atomic E-state index is 12.1. The van der Waals surface area contributed by atoms with Crippen LogP contribution in [0, 0.1) is 5.41 Å². The number of rotatable bonds is 2. The molecule has 0 aromatic heterocycles. The van der Waals surface area contributed by atoms with Crippen molar-refractivity contribution in [2.24, 2.45) is 0 Å². The second kappa shape index (κ2) is 3.61. The molecule has 1 aliphatic rings. The van der Waals surface area contributed by atoms with Crippen LogP contribution >= 0.6 is 0 Å². The molecule has 1 heterocycles. The summed E-state index contributed by atoms with van der Waals surface area (Å²) in [6.45, 7) is 3.58. The average Bonchev–Trinajstić information content (AvgIpc) is 2.61. The van der Waals surface area contributed by atoms with Gasteiger partial charge in [0.2, 0.25) is 0 Å².